The van der Waals surface area contributed by atoms with Crippen LogP contribution in [-0.4, -0.2) is 41.3 Å². The van der Waals surface area contributed by atoms with Gasteiger partial charge in [0.15, 0.2) is 0 Å². The van der Waals surface area contributed by atoms with E-state index in [1.165, 1.54) is 16.9 Å². The zero-order valence-electron chi connectivity index (χ0n) is 18.8. The van der Waals surface area contributed by atoms with E-state index >= 15 is 0 Å². The van der Waals surface area contributed by atoms with Crippen LogP contribution >= 0.6 is 0 Å². The number of hydrogen-bond acceptors (Lipinski definition) is 7. The summed E-state index contributed by atoms with van der Waals surface area (Å²) in [6.45, 7) is 1.38. The van der Waals surface area contributed by atoms with E-state index in [1.54, 1.807) is 18.6 Å². The number of hydrogen-bond donors (Lipinski definition) is 0. The van der Waals surface area contributed by atoms with Crippen molar-refractivity contribution in [2.45, 2.75) is 44.9 Å². The van der Waals surface area contributed by atoms with Crippen LogP contribution in [-0.2, 0) is 17.3 Å². The predicted molar refractivity (Wildman–Crippen MR) is 117 cm³/mol. The number of benzene rings is 1. The average Bonchev–Trinajstić information content (AvgIpc) is 3.54. The molecule has 4 aromatic rings. The fourth-order valence-corrected chi connectivity index (χ4v) is 3.74. The lowest BCUT2D eigenvalue weighted by Gasteiger charge is -2.22. The fourth-order valence-electron chi connectivity index (χ4n) is 3.74. The molecule has 4 heterocycles. The number of rotatable bonds is 7. The molecule has 1 saturated heterocycles. The van der Waals surface area contributed by atoms with Crippen LogP contribution < -0.4 is 4.74 Å². The third-order valence-corrected chi connectivity index (χ3v) is 5.59. The molecule has 0 amide bonds. The molecular weight excluding hydrogens is 463 g/mol. The Morgan fingerprint density at radius 3 is 2.69 bits per heavy atom. The summed E-state index contributed by atoms with van der Waals surface area (Å²) in [5.74, 6) is -4.31. The van der Waals surface area contributed by atoms with Gasteiger partial charge < -0.3 is 9.47 Å². The monoisotopic (exact) mass is 485 g/mol. The summed E-state index contributed by atoms with van der Waals surface area (Å²) in [6, 6.07) is 3.50. The zero-order chi connectivity index (χ0) is 24.4. The van der Waals surface area contributed by atoms with Crippen molar-refractivity contribution < 1.29 is 22.6 Å². The molecule has 0 bridgehead atoms. The molecule has 35 heavy (non-hydrogen) atoms. The first-order chi connectivity index (χ1) is 16.9. The van der Waals surface area contributed by atoms with E-state index in [-0.39, 0.29) is 24.5 Å². The molecule has 0 spiro atoms. The van der Waals surface area contributed by atoms with Crippen LogP contribution in [0.3, 0.4) is 0 Å². The summed E-state index contributed by atoms with van der Waals surface area (Å²) in [4.78, 5) is 8.45. The molecule has 1 aliphatic heterocycles. The molecule has 0 saturated carbocycles. The van der Waals surface area contributed by atoms with Crippen molar-refractivity contribution in [1.82, 2.24) is 34.7 Å². The second kappa shape index (κ2) is 9.45. The van der Waals surface area contributed by atoms with Gasteiger partial charge in [-0.3, -0.25) is 0 Å². The van der Waals surface area contributed by atoms with Crippen LogP contribution in [0.5, 0.6) is 6.01 Å². The summed E-state index contributed by atoms with van der Waals surface area (Å²) in [5.41, 5.74) is 1.60. The van der Waals surface area contributed by atoms with Gasteiger partial charge >= 0.3 is 6.01 Å². The first kappa shape index (κ1) is 23.0. The first-order valence-corrected chi connectivity index (χ1v) is 11.1. The Morgan fingerprint density at radius 1 is 1.11 bits per heavy atom. The topological polar surface area (TPSA) is 92.8 Å². The Hall–Kier alpha value is -3.80. The van der Waals surface area contributed by atoms with E-state index in [4.69, 9.17) is 9.47 Å². The van der Waals surface area contributed by atoms with E-state index in [9.17, 15) is 13.2 Å². The summed E-state index contributed by atoms with van der Waals surface area (Å²) in [6.07, 6.45) is 11.5. The molecule has 1 atom stereocenters. The second-order valence-electron chi connectivity index (χ2n) is 8.28. The molecule has 12 heteroatoms. The van der Waals surface area contributed by atoms with Crippen molar-refractivity contribution in [2.24, 2.45) is 0 Å². The highest BCUT2D eigenvalue weighted by atomic mass is 19.3. The number of aromatic nitrogens is 7. The van der Waals surface area contributed by atoms with Gasteiger partial charge in [-0.2, -0.15) is 5.10 Å². The lowest BCUT2D eigenvalue weighted by atomic mass is 10.1. The van der Waals surface area contributed by atoms with Gasteiger partial charge in [0.05, 0.1) is 23.6 Å². The van der Waals surface area contributed by atoms with Crippen LogP contribution in [0.4, 0.5) is 13.2 Å². The molecule has 0 aliphatic carbocycles. The molecular formula is C23H22F3N7O2. The smallest absolute Gasteiger partial charge is 0.316 e. The van der Waals surface area contributed by atoms with Crippen molar-refractivity contribution >= 4 is 0 Å². The van der Waals surface area contributed by atoms with Crippen LogP contribution in [0.25, 0.3) is 16.8 Å². The SMILES string of the molecule is CC(F)(F)c1cc(-n2cc(COc3ncc(-c4cnn(C5CCCCO5)c4)cn3)nn2)ccc1F. The number of alkyl halides is 2. The summed E-state index contributed by atoms with van der Waals surface area (Å²) >= 11 is 0. The van der Waals surface area contributed by atoms with Gasteiger partial charge in [-0.25, -0.2) is 32.5 Å². The van der Waals surface area contributed by atoms with Crippen molar-refractivity contribution in [3.63, 3.8) is 0 Å². The van der Waals surface area contributed by atoms with Gasteiger partial charge in [0, 0.05) is 43.2 Å². The third kappa shape index (κ3) is 5.16. The number of ether oxygens (including phenoxy) is 2. The number of nitrogens with zero attached hydrogens (tertiary/aromatic N) is 7. The molecule has 1 unspecified atom stereocenters. The van der Waals surface area contributed by atoms with Gasteiger partial charge in [-0.05, 0) is 37.5 Å². The summed E-state index contributed by atoms with van der Waals surface area (Å²) < 4.78 is 55.4. The Kier molecular flexibility index (Phi) is 6.20. The van der Waals surface area contributed by atoms with Crippen molar-refractivity contribution in [2.75, 3.05) is 6.61 Å². The van der Waals surface area contributed by atoms with Gasteiger partial charge in [0.1, 0.15) is 24.3 Å². The minimum absolute atomic E-state index is 0.00822. The molecule has 5 rings (SSSR count). The molecule has 9 nitrogen and oxygen atoms in total. The van der Waals surface area contributed by atoms with E-state index < -0.39 is 17.3 Å². The predicted octanol–water partition coefficient (Wildman–Crippen LogP) is 4.45. The Morgan fingerprint density at radius 2 is 1.94 bits per heavy atom. The van der Waals surface area contributed by atoms with E-state index in [0.29, 0.717) is 12.6 Å². The molecule has 0 radical (unpaired) electrons. The zero-order valence-corrected chi connectivity index (χ0v) is 18.8. The molecule has 0 N–H and O–H groups in total. The highest BCUT2D eigenvalue weighted by Crippen LogP contribution is 2.30. The first-order valence-electron chi connectivity index (χ1n) is 11.1. The maximum Gasteiger partial charge on any atom is 0.316 e. The number of halogens is 3. The minimum Gasteiger partial charge on any atom is -0.457 e. The van der Waals surface area contributed by atoms with Crippen LogP contribution in [0, 0.1) is 5.82 Å². The Balaban J connectivity index is 1.22. The largest absolute Gasteiger partial charge is 0.457 e. The quantitative estimate of drug-likeness (QED) is 0.382. The molecule has 3 aromatic heterocycles. The molecule has 1 fully saturated rings. The molecule has 1 aromatic carbocycles. The van der Waals surface area contributed by atoms with E-state index in [2.05, 4.69) is 25.4 Å². The standard InChI is InChI=1S/C23H22F3N7O2/c1-23(25,26)19-8-18(5-6-20(19)24)32-13-17(30-31-32)14-35-22-27-9-15(10-28-22)16-11-29-33(12-16)21-4-2-3-7-34-21/h5-6,8-13,21H,2-4,7,14H2,1H3. The highest BCUT2D eigenvalue weighted by Gasteiger charge is 2.28. The van der Waals surface area contributed by atoms with Crippen LogP contribution in [0.15, 0.2) is 49.2 Å². The van der Waals surface area contributed by atoms with Crippen molar-refractivity contribution in [3.8, 4) is 22.8 Å². The van der Waals surface area contributed by atoms with Gasteiger partial charge in [0.2, 0.25) is 0 Å². The lowest BCUT2D eigenvalue weighted by molar-refractivity contribution is -0.0394. The molecule has 1 aliphatic rings. The average molecular weight is 485 g/mol. The van der Waals surface area contributed by atoms with Crippen LogP contribution in [0.1, 0.15) is 43.7 Å². The van der Waals surface area contributed by atoms with Crippen molar-refractivity contribution in [1.29, 1.82) is 0 Å². The van der Waals surface area contributed by atoms with E-state index in [1.807, 2.05) is 10.9 Å². The maximum atomic E-state index is 13.7. The van der Waals surface area contributed by atoms with Gasteiger partial charge in [-0.1, -0.05) is 5.21 Å². The van der Waals surface area contributed by atoms with Crippen molar-refractivity contribution in [3.05, 3.63) is 66.3 Å². The minimum atomic E-state index is -3.32. The van der Waals surface area contributed by atoms with Gasteiger partial charge in [0.25, 0.3) is 5.92 Å². The van der Waals surface area contributed by atoms with E-state index in [0.717, 1.165) is 49.1 Å². The maximum absolute atomic E-state index is 13.7. The normalized spacial score (nSPS) is 16.4. The van der Waals surface area contributed by atoms with Gasteiger partial charge in [-0.15, -0.1) is 5.10 Å². The Bertz CT molecular complexity index is 1300. The summed E-state index contributed by atoms with van der Waals surface area (Å²) in [5, 5.41) is 12.3. The molecule has 182 valence electrons. The third-order valence-electron chi connectivity index (χ3n) is 5.59. The second-order valence-corrected chi connectivity index (χ2v) is 8.28. The summed E-state index contributed by atoms with van der Waals surface area (Å²) in [7, 11) is 0. The Labute approximate surface area is 198 Å². The van der Waals surface area contributed by atoms with Crippen LogP contribution in [0.2, 0.25) is 0 Å². The fraction of sp³-hybridized carbons (Fsp3) is 0.348. The highest BCUT2D eigenvalue weighted by molar-refractivity contribution is 5.59. The lowest BCUT2D eigenvalue weighted by Crippen LogP contribution is -2.18.